The van der Waals surface area contributed by atoms with Gasteiger partial charge in [0.05, 0.1) is 11.0 Å². The Balaban J connectivity index is 1.70. The Morgan fingerprint density at radius 2 is 1.80 bits per heavy atom. The first kappa shape index (κ1) is 19.9. The molecule has 7 heteroatoms. The Morgan fingerprint density at radius 1 is 1.10 bits per heavy atom. The van der Waals surface area contributed by atoms with Gasteiger partial charge in [-0.25, -0.2) is 0 Å². The lowest BCUT2D eigenvalue weighted by Gasteiger charge is -2.40. The standard InChI is InChI=1S/C23H20ClN3O3/c1-15-13-20(25-17-7-3-2-4-8-17)18-9-5-6-10-21(18)26(15)23(28)16-11-12-19(24)22(14-16)27(29)30/h2-12,14-15,20,25H,13H2,1H3/t15-,20+/m1/s1. The number of hydrogen-bond donors (Lipinski definition) is 1. The third kappa shape index (κ3) is 3.74. The van der Waals surface area contributed by atoms with Crippen molar-refractivity contribution in [2.24, 2.45) is 0 Å². The van der Waals surface area contributed by atoms with Crippen molar-refractivity contribution in [3.63, 3.8) is 0 Å². The van der Waals surface area contributed by atoms with Crippen LogP contribution in [0.1, 0.15) is 35.3 Å². The number of carbonyl (C=O) groups excluding carboxylic acids is 1. The maximum absolute atomic E-state index is 13.4. The van der Waals surface area contributed by atoms with Crippen LogP contribution in [0.3, 0.4) is 0 Å². The molecule has 0 saturated heterocycles. The number of nitrogens with zero attached hydrogens (tertiary/aromatic N) is 2. The van der Waals surface area contributed by atoms with Gasteiger partial charge in [0.15, 0.2) is 0 Å². The molecule has 0 unspecified atom stereocenters. The van der Waals surface area contributed by atoms with E-state index in [1.807, 2.05) is 61.5 Å². The van der Waals surface area contributed by atoms with Gasteiger partial charge in [0.1, 0.15) is 5.02 Å². The van der Waals surface area contributed by atoms with Crippen molar-refractivity contribution in [1.29, 1.82) is 0 Å². The summed E-state index contributed by atoms with van der Waals surface area (Å²) in [6, 6.07) is 21.8. The highest BCUT2D eigenvalue weighted by Crippen LogP contribution is 2.40. The van der Waals surface area contributed by atoms with Gasteiger partial charge in [-0.3, -0.25) is 14.9 Å². The third-order valence-electron chi connectivity index (χ3n) is 5.31. The van der Waals surface area contributed by atoms with Crippen molar-refractivity contribution in [1.82, 2.24) is 0 Å². The average molecular weight is 422 g/mol. The quantitative estimate of drug-likeness (QED) is 0.424. The average Bonchev–Trinajstić information content (AvgIpc) is 2.74. The number of nitro groups is 1. The minimum atomic E-state index is -0.577. The van der Waals surface area contributed by atoms with Crippen LogP contribution in [0.25, 0.3) is 0 Å². The van der Waals surface area contributed by atoms with Crippen molar-refractivity contribution < 1.29 is 9.72 Å². The number of hydrogen-bond acceptors (Lipinski definition) is 4. The highest BCUT2D eigenvalue weighted by atomic mass is 35.5. The van der Waals surface area contributed by atoms with Gasteiger partial charge in [0, 0.05) is 29.0 Å². The minimum absolute atomic E-state index is 0.00997. The number of halogens is 1. The van der Waals surface area contributed by atoms with E-state index in [2.05, 4.69) is 5.32 Å². The van der Waals surface area contributed by atoms with Crippen molar-refractivity contribution >= 4 is 34.6 Å². The van der Waals surface area contributed by atoms with E-state index in [0.717, 1.165) is 16.9 Å². The van der Waals surface area contributed by atoms with Crippen molar-refractivity contribution in [3.8, 4) is 0 Å². The van der Waals surface area contributed by atoms with Gasteiger partial charge in [-0.05, 0) is 49.2 Å². The summed E-state index contributed by atoms with van der Waals surface area (Å²) in [5.41, 5.74) is 2.78. The number of carbonyl (C=O) groups is 1. The van der Waals surface area contributed by atoms with Crippen LogP contribution < -0.4 is 10.2 Å². The molecule has 1 aliphatic rings. The SMILES string of the molecule is C[C@@H]1C[C@H](Nc2ccccc2)c2ccccc2N1C(=O)c1ccc(Cl)c([N+](=O)[O-])c1. The second-order valence-electron chi connectivity index (χ2n) is 7.30. The fourth-order valence-electron chi connectivity index (χ4n) is 3.92. The molecular weight excluding hydrogens is 402 g/mol. The largest absolute Gasteiger partial charge is 0.378 e. The number of nitrogens with one attached hydrogen (secondary N) is 1. The molecule has 3 aromatic carbocycles. The summed E-state index contributed by atoms with van der Waals surface area (Å²) in [5.74, 6) is -0.284. The molecule has 0 spiro atoms. The van der Waals surface area contributed by atoms with Crippen LogP contribution in [0, 0.1) is 10.1 Å². The summed E-state index contributed by atoms with van der Waals surface area (Å²) in [4.78, 5) is 25.7. The van der Waals surface area contributed by atoms with Gasteiger partial charge < -0.3 is 10.2 Å². The number of benzene rings is 3. The van der Waals surface area contributed by atoms with Gasteiger partial charge >= 0.3 is 0 Å². The summed E-state index contributed by atoms with van der Waals surface area (Å²) < 4.78 is 0. The van der Waals surface area contributed by atoms with E-state index in [4.69, 9.17) is 11.6 Å². The lowest BCUT2D eigenvalue weighted by Crippen LogP contribution is -2.44. The lowest BCUT2D eigenvalue weighted by atomic mass is 9.90. The molecule has 3 aromatic rings. The fraction of sp³-hybridized carbons (Fsp3) is 0.174. The summed E-state index contributed by atoms with van der Waals surface area (Å²) in [5, 5.41) is 14.8. The van der Waals surface area contributed by atoms with E-state index < -0.39 is 4.92 Å². The normalized spacial score (nSPS) is 17.9. The predicted molar refractivity (Wildman–Crippen MR) is 118 cm³/mol. The van der Waals surface area contributed by atoms with Crippen LogP contribution in [-0.2, 0) is 0 Å². The molecular formula is C23H20ClN3O3. The number of amides is 1. The van der Waals surface area contributed by atoms with Gasteiger partial charge in [0.2, 0.25) is 0 Å². The number of nitro benzene ring substituents is 1. The Kier molecular flexibility index (Phi) is 5.42. The van der Waals surface area contributed by atoms with E-state index in [-0.39, 0.29) is 34.3 Å². The van der Waals surface area contributed by atoms with Gasteiger partial charge in [0.25, 0.3) is 11.6 Å². The van der Waals surface area contributed by atoms with Gasteiger partial charge in [-0.15, -0.1) is 0 Å². The van der Waals surface area contributed by atoms with Crippen LogP contribution in [0.4, 0.5) is 17.1 Å². The summed E-state index contributed by atoms with van der Waals surface area (Å²) >= 11 is 5.91. The molecule has 0 saturated carbocycles. The van der Waals surface area contributed by atoms with Crippen LogP contribution in [0.5, 0.6) is 0 Å². The number of rotatable bonds is 4. The number of fused-ring (bicyclic) bond motifs is 1. The first-order chi connectivity index (χ1) is 14.5. The Bertz CT molecular complexity index is 1100. The predicted octanol–water partition coefficient (Wildman–Crippen LogP) is 5.84. The molecule has 1 N–H and O–H groups in total. The zero-order chi connectivity index (χ0) is 21.3. The molecule has 2 atom stereocenters. The van der Waals surface area contributed by atoms with Crippen LogP contribution >= 0.6 is 11.6 Å². The first-order valence-corrected chi connectivity index (χ1v) is 10.0. The molecule has 0 radical (unpaired) electrons. The van der Waals surface area contributed by atoms with Gasteiger partial charge in [-0.1, -0.05) is 48.0 Å². The molecule has 30 heavy (non-hydrogen) atoms. The van der Waals surface area contributed by atoms with Crippen molar-refractivity contribution in [3.05, 3.63) is 99.1 Å². The molecule has 6 nitrogen and oxygen atoms in total. The Hall–Kier alpha value is -3.38. The molecule has 4 rings (SSSR count). The first-order valence-electron chi connectivity index (χ1n) is 9.63. The van der Waals surface area contributed by atoms with E-state index in [9.17, 15) is 14.9 Å². The summed E-state index contributed by atoms with van der Waals surface area (Å²) in [7, 11) is 0. The molecule has 1 heterocycles. The van der Waals surface area contributed by atoms with E-state index in [0.29, 0.717) is 6.42 Å². The van der Waals surface area contributed by atoms with Crippen LogP contribution in [-0.4, -0.2) is 16.9 Å². The Morgan fingerprint density at radius 3 is 2.53 bits per heavy atom. The zero-order valence-electron chi connectivity index (χ0n) is 16.3. The second kappa shape index (κ2) is 8.16. The number of para-hydroxylation sites is 2. The van der Waals surface area contributed by atoms with Crippen LogP contribution in [0.15, 0.2) is 72.8 Å². The molecule has 1 amide bonds. The topological polar surface area (TPSA) is 75.5 Å². The molecule has 1 aliphatic heterocycles. The maximum atomic E-state index is 13.4. The third-order valence-corrected chi connectivity index (χ3v) is 5.63. The fourth-order valence-corrected chi connectivity index (χ4v) is 4.11. The molecule has 0 fully saturated rings. The van der Waals surface area contributed by atoms with Crippen molar-refractivity contribution in [2.45, 2.75) is 25.4 Å². The summed E-state index contributed by atoms with van der Waals surface area (Å²) in [6.07, 6.45) is 0.702. The van der Waals surface area contributed by atoms with E-state index >= 15 is 0 Å². The second-order valence-corrected chi connectivity index (χ2v) is 7.71. The van der Waals surface area contributed by atoms with E-state index in [1.165, 1.54) is 18.2 Å². The van der Waals surface area contributed by atoms with Gasteiger partial charge in [-0.2, -0.15) is 0 Å². The maximum Gasteiger partial charge on any atom is 0.288 e. The lowest BCUT2D eigenvalue weighted by molar-refractivity contribution is -0.384. The van der Waals surface area contributed by atoms with Crippen molar-refractivity contribution in [2.75, 3.05) is 10.2 Å². The highest BCUT2D eigenvalue weighted by molar-refractivity contribution is 6.32. The molecule has 0 aliphatic carbocycles. The zero-order valence-corrected chi connectivity index (χ0v) is 17.0. The highest BCUT2D eigenvalue weighted by Gasteiger charge is 2.34. The van der Waals surface area contributed by atoms with E-state index in [1.54, 1.807) is 4.90 Å². The number of anilines is 2. The molecule has 0 aromatic heterocycles. The minimum Gasteiger partial charge on any atom is -0.378 e. The van der Waals surface area contributed by atoms with Crippen LogP contribution in [0.2, 0.25) is 5.02 Å². The monoisotopic (exact) mass is 421 g/mol. The molecule has 152 valence electrons. The summed E-state index contributed by atoms with van der Waals surface area (Å²) in [6.45, 7) is 1.98. The smallest absolute Gasteiger partial charge is 0.288 e. The Labute approximate surface area is 179 Å². The molecule has 0 bridgehead atoms.